The monoisotopic (exact) mass is 294 g/mol. The average molecular weight is 294 g/mol. The van der Waals surface area contributed by atoms with Crippen molar-refractivity contribution >= 4 is 0 Å². The van der Waals surface area contributed by atoms with Gasteiger partial charge in [0.1, 0.15) is 0 Å². The van der Waals surface area contributed by atoms with Gasteiger partial charge < -0.3 is 19.7 Å². The van der Waals surface area contributed by atoms with Crippen molar-refractivity contribution in [2.45, 2.75) is 26.8 Å². The standard InChI is InChI=1S/C17H30N2O2/c1-7-19(11-13(2)3)12-15(18-4)14-8-9-16(20-5)17(10-14)21-6/h8-10,13,15,18H,7,11-12H2,1-6H3. The van der Waals surface area contributed by atoms with Gasteiger partial charge in [-0.05, 0) is 37.2 Å². The second kappa shape index (κ2) is 8.90. The highest BCUT2D eigenvalue weighted by Gasteiger charge is 2.16. The van der Waals surface area contributed by atoms with E-state index in [1.807, 2.05) is 13.1 Å². The molecule has 0 aliphatic heterocycles. The SMILES string of the molecule is CCN(CC(C)C)CC(NC)c1ccc(OC)c(OC)c1. The molecule has 0 bridgehead atoms. The number of nitrogens with zero attached hydrogens (tertiary/aromatic N) is 1. The molecular weight excluding hydrogens is 264 g/mol. The molecule has 1 unspecified atom stereocenters. The van der Waals surface area contributed by atoms with Gasteiger partial charge in [0, 0.05) is 19.1 Å². The third kappa shape index (κ3) is 5.21. The summed E-state index contributed by atoms with van der Waals surface area (Å²) in [6.45, 7) is 9.89. The second-order valence-corrected chi connectivity index (χ2v) is 5.70. The van der Waals surface area contributed by atoms with Crippen LogP contribution in [0.5, 0.6) is 11.5 Å². The summed E-state index contributed by atoms with van der Waals surface area (Å²) in [6.07, 6.45) is 0. The van der Waals surface area contributed by atoms with Gasteiger partial charge in [0.05, 0.1) is 14.2 Å². The van der Waals surface area contributed by atoms with Crippen LogP contribution in [0.1, 0.15) is 32.4 Å². The molecule has 0 radical (unpaired) electrons. The fourth-order valence-corrected chi connectivity index (χ4v) is 2.54. The Hall–Kier alpha value is -1.26. The zero-order valence-electron chi connectivity index (χ0n) is 14.3. The normalized spacial score (nSPS) is 12.8. The molecule has 4 heteroatoms. The molecule has 21 heavy (non-hydrogen) atoms. The highest BCUT2D eigenvalue weighted by Crippen LogP contribution is 2.30. The fourth-order valence-electron chi connectivity index (χ4n) is 2.54. The van der Waals surface area contributed by atoms with Crippen LogP contribution in [0.2, 0.25) is 0 Å². The highest BCUT2D eigenvalue weighted by molar-refractivity contribution is 5.43. The van der Waals surface area contributed by atoms with E-state index >= 15 is 0 Å². The van der Waals surface area contributed by atoms with Gasteiger partial charge in [0.25, 0.3) is 0 Å². The van der Waals surface area contributed by atoms with E-state index in [1.54, 1.807) is 14.2 Å². The number of methoxy groups -OCH3 is 2. The molecule has 0 spiro atoms. The van der Waals surface area contributed by atoms with Crippen molar-refractivity contribution in [2.24, 2.45) is 5.92 Å². The maximum absolute atomic E-state index is 5.40. The van der Waals surface area contributed by atoms with Crippen LogP contribution in [-0.2, 0) is 0 Å². The Balaban J connectivity index is 2.88. The summed E-state index contributed by atoms with van der Waals surface area (Å²) in [5.41, 5.74) is 1.22. The largest absolute Gasteiger partial charge is 0.493 e. The Morgan fingerprint density at radius 2 is 1.76 bits per heavy atom. The molecule has 0 saturated carbocycles. The van der Waals surface area contributed by atoms with Crippen LogP contribution in [0.15, 0.2) is 18.2 Å². The van der Waals surface area contributed by atoms with Gasteiger partial charge in [-0.25, -0.2) is 0 Å². The Kier molecular flexibility index (Phi) is 7.54. The first-order chi connectivity index (χ1) is 10.0. The van der Waals surface area contributed by atoms with Crippen LogP contribution < -0.4 is 14.8 Å². The topological polar surface area (TPSA) is 33.7 Å². The molecule has 1 aromatic carbocycles. The number of ether oxygens (including phenoxy) is 2. The summed E-state index contributed by atoms with van der Waals surface area (Å²) in [4.78, 5) is 2.47. The predicted molar refractivity (Wildman–Crippen MR) is 88.3 cm³/mol. The summed E-state index contributed by atoms with van der Waals surface area (Å²) in [7, 11) is 5.34. The van der Waals surface area contributed by atoms with E-state index in [-0.39, 0.29) is 6.04 Å². The van der Waals surface area contributed by atoms with E-state index in [2.05, 4.69) is 43.1 Å². The summed E-state index contributed by atoms with van der Waals surface area (Å²) in [5.74, 6) is 2.22. The second-order valence-electron chi connectivity index (χ2n) is 5.70. The minimum Gasteiger partial charge on any atom is -0.493 e. The zero-order chi connectivity index (χ0) is 15.8. The summed E-state index contributed by atoms with van der Waals surface area (Å²) < 4.78 is 10.7. The lowest BCUT2D eigenvalue weighted by molar-refractivity contribution is 0.232. The lowest BCUT2D eigenvalue weighted by atomic mass is 10.0. The van der Waals surface area contributed by atoms with Crippen LogP contribution in [0.25, 0.3) is 0 Å². The molecule has 0 heterocycles. The van der Waals surface area contributed by atoms with Gasteiger partial charge in [-0.15, -0.1) is 0 Å². The van der Waals surface area contributed by atoms with E-state index in [9.17, 15) is 0 Å². The van der Waals surface area contributed by atoms with Gasteiger partial charge in [-0.3, -0.25) is 0 Å². The van der Waals surface area contributed by atoms with E-state index in [0.29, 0.717) is 5.92 Å². The van der Waals surface area contributed by atoms with Crippen molar-refractivity contribution < 1.29 is 9.47 Å². The Morgan fingerprint density at radius 3 is 2.24 bits per heavy atom. The van der Waals surface area contributed by atoms with Crippen LogP contribution in [-0.4, -0.2) is 45.8 Å². The molecule has 120 valence electrons. The zero-order valence-corrected chi connectivity index (χ0v) is 14.3. The quantitative estimate of drug-likeness (QED) is 0.759. The van der Waals surface area contributed by atoms with Gasteiger partial charge >= 0.3 is 0 Å². The van der Waals surface area contributed by atoms with E-state index in [4.69, 9.17) is 9.47 Å². The molecule has 1 rings (SSSR count). The molecule has 1 N–H and O–H groups in total. The van der Waals surface area contributed by atoms with Crippen molar-refractivity contribution in [3.63, 3.8) is 0 Å². The van der Waals surface area contributed by atoms with Crippen LogP contribution in [0, 0.1) is 5.92 Å². The van der Waals surface area contributed by atoms with Gasteiger partial charge in [0.15, 0.2) is 11.5 Å². The summed E-state index contributed by atoms with van der Waals surface area (Å²) in [5, 5.41) is 3.41. The lowest BCUT2D eigenvalue weighted by Crippen LogP contribution is -2.36. The van der Waals surface area contributed by atoms with Crippen LogP contribution >= 0.6 is 0 Å². The van der Waals surface area contributed by atoms with Crippen molar-refractivity contribution in [1.82, 2.24) is 10.2 Å². The van der Waals surface area contributed by atoms with E-state index in [1.165, 1.54) is 5.56 Å². The molecule has 0 aliphatic rings. The first kappa shape index (κ1) is 17.8. The van der Waals surface area contributed by atoms with Crippen LogP contribution in [0.4, 0.5) is 0 Å². The fraction of sp³-hybridized carbons (Fsp3) is 0.647. The maximum Gasteiger partial charge on any atom is 0.161 e. The van der Waals surface area contributed by atoms with Crippen molar-refractivity contribution in [3.8, 4) is 11.5 Å². The predicted octanol–water partition coefficient (Wildman–Crippen LogP) is 2.94. The van der Waals surface area contributed by atoms with Gasteiger partial charge in [0.2, 0.25) is 0 Å². The van der Waals surface area contributed by atoms with Gasteiger partial charge in [-0.2, -0.15) is 0 Å². The number of hydrogen-bond donors (Lipinski definition) is 1. The number of benzene rings is 1. The van der Waals surface area contributed by atoms with E-state index < -0.39 is 0 Å². The van der Waals surface area contributed by atoms with Crippen molar-refractivity contribution in [1.29, 1.82) is 0 Å². The number of nitrogens with one attached hydrogen (secondary N) is 1. The Morgan fingerprint density at radius 1 is 1.10 bits per heavy atom. The third-order valence-electron chi connectivity index (χ3n) is 3.67. The number of hydrogen-bond acceptors (Lipinski definition) is 4. The molecule has 0 saturated heterocycles. The first-order valence-corrected chi connectivity index (χ1v) is 7.67. The van der Waals surface area contributed by atoms with Crippen molar-refractivity contribution in [2.75, 3.05) is 40.9 Å². The molecule has 0 amide bonds. The smallest absolute Gasteiger partial charge is 0.161 e. The summed E-state index contributed by atoms with van der Waals surface area (Å²) >= 11 is 0. The summed E-state index contributed by atoms with van der Waals surface area (Å²) in [6, 6.07) is 6.41. The first-order valence-electron chi connectivity index (χ1n) is 7.67. The molecule has 0 aromatic heterocycles. The number of rotatable bonds is 9. The highest BCUT2D eigenvalue weighted by atomic mass is 16.5. The molecule has 0 aliphatic carbocycles. The molecule has 1 atom stereocenters. The third-order valence-corrected chi connectivity index (χ3v) is 3.67. The number of likely N-dealkylation sites (N-methyl/N-ethyl adjacent to an activating group) is 2. The molecule has 4 nitrogen and oxygen atoms in total. The molecule has 1 aromatic rings. The molecule has 0 fully saturated rings. The molecular formula is C17H30N2O2. The Labute approximate surface area is 129 Å². The van der Waals surface area contributed by atoms with Crippen molar-refractivity contribution in [3.05, 3.63) is 23.8 Å². The average Bonchev–Trinajstić information content (AvgIpc) is 2.50. The lowest BCUT2D eigenvalue weighted by Gasteiger charge is -2.28. The van der Waals surface area contributed by atoms with Crippen LogP contribution in [0.3, 0.4) is 0 Å². The maximum atomic E-state index is 5.40. The minimum absolute atomic E-state index is 0.281. The minimum atomic E-state index is 0.281. The Bertz CT molecular complexity index is 421. The van der Waals surface area contributed by atoms with E-state index in [0.717, 1.165) is 31.1 Å². The van der Waals surface area contributed by atoms with Gasteiger partial charge in [-0.1, -0.05) is 26.8 Å².